The normalized spacial score (nSPS) is 10.4. The number of benzene rings is 1. The molecule has 2 aromatic heterocycles. The zero-order chi connectivity index (χ0) is 20.8. The minimum atomic E-state index is -0.603. The van der Waals surface area contributed by atoms with Crippen LogP contribution in [0, 0.1) is 0 Å². The minimum Gasteiger partial charge on any atom is -0.462 e. The molecular formula is C21H20N2O5S. The minimum absolute atomic E-state index is 0.221. The lowest BCUT2D eigenvalue weighted by Gasteiger charge is -2.07. The second kappa shape index (κ2) is 9.20. The van der Waals surface area contributed by atoms with Crippen molar-refractivity contribution in [3.63, 3.8) is 0 Å². The largest absolute Gasteiger partial charge is 0.462 e. The smallest absolute Gasteiger partial charge is 0.355 e. The van der Waals surface area contributed by atoms with E-state index in [0.29, 0.717) is 11.4 Å². The van der Waals surface area contributed by atoms with E-state index in [1.165, 1.54) is 11.3 Å². The van der Waals surface area contributed by atoms with E-state index in [1.54, 1.807) is 42.9 Å². The molecule has 1 amide bonds. The summed E-state index contributed by atoms with van der Waals surface area (Å²) in [7, 11) is 1.71. The molecule has 1 aromatic carbocycles. The summed E-state index contributed by atoms with van der Waals surface area (Å²) in [5, 5.41) is 2.64. The third kappa shape index (κ3) is 4.91. The zero-order valence-corrected chi connectivity index (χ0v) is 16.8. The molecule has 1 N–H and O–H groups in total. The van der Waals surface area contributed by atoms with Gasteiger partial charge in [-0.2, -0.15) is 0 Å². The summed E-state index contributed by atoms with van der Waals surface area (Å²) in [6.07, 6.45) is 1.71. The van der Waals surface area contributed by atoms with Crippen LogP contribution in [0.25, 0.3) is 10.4 Å². The number of esters is 2. The molecule has 0 aliphatic carbocycles. The standard InChI is InChI=1S/C21H20N2O5S/c1-3-27-21(26)19-15(12-17(29-19)14-8-5-4-6-9-14)22-18(24)13-28-20(25)16-10-7-11-23(16)2/h4-12H,3,13H2,1-2H3,(H,22,24). The molecule has 0 saturated carbocycles. The molecule has 0 fully saturated rings. The van der Waals surface area contributed by atoms with Crippen LogP contribution in [0.5, 0.6) is 0 Å². The van der Waals surface area contributed by atoms with E-state index in [-0.39, 0.29) is 11.5 Å². The number of amides is 1. The maximum Gasteiger partial charge on any atom is 0.355 e. The molecule has 0 atom stereocenters. The van der Waals surface area contributed by atoms with Crippen LogP contribution >= 0.6 is 11.3 Å². The summed E-state index contributed by atoms with van der Waals surface area (Å²) in [6.45, 7) is 1.47. The molecule has 29 heavy (non-hydrogen) atoms. The van der Waals surface area contributed by atoms with Gasteiger partial charge in [0.05, 0.1) is 12.3 Å². The van der Waals surface area contributed by atoms with Crippen molar-refractivity contribution in [1.29, 1.82) is 0 Å². The Hall–Kier alpha value is -3.39. The highest BCUT2D eigenvalue weighted by atomic mass is 32.1. The second-order valence-electron chi connectivity index (χ2n) is 6.07. The van der Waals surface area contributed by atoms with E-state index >= 15 is 0 Å². The fourth-order valence-corrected chi connectivity index (χ4v) is 3.65. The SMILES string of the molecule is CCOC(=O)c1sc(-c2ccccc2)cc1NC(=O)COC(=O)c1cccn1C. The maximum absolute atomic E-state index is 12.3. The topological polar surface area (TPSA) is 86.6 Å². The van der Waals surface area contributed by atoms with Crippen LogP contribution in [0.4, 0.5) is 5.69 Å². The molecule has 3 rings (SSSR count). The first kappa shape index (κ1) is 20.3. The molecule has 0 spiro atoms. The Morgan fingerprint density at radius 2 is 1.79 bits per heavy atom. The number of nitrogens with zero attached hydrogens (tertiary/aromatic N) is 1. The number of carbonyl (C=O) groups is 3. The van der Waals surface area contributed by atoms with Crippen molar-refractivity contribution < 1.29 is 23.9 Å². The highest BCUT2D eigenvalue weighted by Gasteiger charge is 2.21. The molecule has 0 aliphatic rings. The van der Waals surface area contributed by atoms with Crippen LogP contribution in [0.1, 0.15) is 27.1 Å². The predicted molar refractivity (Wildman–Crippen MR) is 110 cm³/mol. The van der Waals surface area contributed by atoms with Crippen molar-refractivity contribution in [1.82, 2.24) is 4.57 Å². The van der Waals surface area contributed by atoms with Gasteiger partial charge in [0.2, 0.25) is 0 Å². The van der Waals surface area contributed by atoms with Crippen LogP contribution < -0.4 is 5.32 Å². The number of ether oxygens (including phenoxy) is 2. The lowest BCUT2D eigenvalue weighted by molar-refractivity contribution is -0.119. The van der Waals surface area contributed by atoms with Crippen LogP contribution in [-0.4, -0.2) is 35.6 Å². The first-order valence-corrected chi connectivity index (χ1v) is 9.76. The highest BCUT2D eigenvalue weighted by Crippen LogP contribution is 2.35. The Labute approximate surface area is 171 Å². The van der Waals surface area contributed by atoms with Gasteiger partial charge in [-0.3, -0.25) is 4.79 Å². The number of thiophene rings is 1. The fourth-order valence-electron chi connectivity index (χ4n) is 2.64. The second-order valence-corrected chi connectivity index (χ2v) is 7.12. The van der Waals surface area contributed by atoms with E-state index in [2.05, 4.69) is 5.32 Å². The molecule has 0 saturated heterocycles. The van der Waals surface area contributed by atoms with Crippen molar-refractivity contribution in [2.24, 2.45) is 7.05 Å². The van der Waals surface area contributed by atoms with Crippen molar-refractivity contribution in [3.05, 3.63) is 65.3 Å². The Morgan fingerprint density at radius 1 is 1.03 bits per heavy atom. The van der Waals surface area contributed by atoms with E-state index in [0.717, 1.165) is 10.4 Å². The molecule has 0 aliphatic heterocycles. The lowest BCUT2D eigenvalue weighted by atomic mass is 10.2. The first-order valence-electron chi connectivity index (χ1n) is 8.94. The third-order valence-electron chi connectivity index (χ3n) is 4.01. The highest BCUT2D eigenvalue weighted by molar-refractivity contribution is 7.18. The summed E-state index contributed by atoms with van der Waals surface area (Å²) in [5.74, 6) is -1.67. The van der Waals surface area contributed by atoms with Gasteiger partial charge >= 0.3 is 11.9 Å². The van der Waals surface area contributed by atoms with Gasteiger partial charge in [-0.25, -0.2) is 9.59 Å². The lowest BCUT2D eigenvalue weighted by Crippen LogP contribution is -2.22. The van der Waals surface area contributed by atoms with Gasteiger partial charge in [0.15, 0.2) is 6.61 Å². The van der Waals surface area contributed by atoms with Gasteiger partial charge < -0.3 is 19.4 Å². The number of hydrogen-bond acceptors (Lipinski definition) is 6. The van der Waals surface area contributed by atoms with Gasteiger partial charge in [-0.15, -0.1) is 11.3 Å². The Kier molecular flexibility index (Phi) is 6.46. The van der Waals surface area contributed by atoms with Crippen LogP contribution in [0.2, 0.25) is 0 Å². The van der Waals surface area contributed by atoms with Gasteiger partial charge in [0, 0.05) is 18.1 Å². The van der Waals surface area contributed by atoms with Gasteiger partial charge in [-0.1, -0.05) is 30.3 Å². The fraction of sp³-hybridized carbons (Fsp3) is 0.190. The van der Waals surface area contributed by atoms with Crippen molar-refractivity contribution >= 4 is 34.9 Å². The summed E-state index contributed by atoms with van der Waals surface area (Å²) < 4.78 is 11.7. The molecule has 7 nitrogen and oxygen atoms in total. The van der Waals surface area contributed by atoms with E-state index in [9.17, 15) is 14.4 Å². The van der Waals surface area contributed by atoms with Gasteiger partial charge in [0.1, 0.15) is 10.6 Å². The predicted octanol–water partition coefficient (Wildman–Crippen LogP) is 3.73. The molecular weight excluding hydrogens is 392 g/mol. The van der Waals surface area contributed by atoms with E-state index < -0.39 is 24.5 Å². The Balaban J connectivity index is 1.73. The number of hydrogen-bond donors (Lipinski definition) is 1. The van der Waals surface area contributed by atoms with Gasteiger partial charge in [-0.05, 0) is 30.7 Å². The van der Waals surface area contributed by atoms with Crippen molar-refractivity contribution in [2.75, 3.05) is 18.5 Å². The van der Waals surface area contributed by atoms with Crippen molar-refractivity contribution in [2.45, 2.75) is 6.92 Å². The monoisotopic (exact) mass is 412 g/mol. The van der Waals surface area contributed by atoms with Crippen LogP contribution in [-0.2, 0) is 21.3 Å². The number of aryl methyl sites for hydroxylation is 1. The summed E-state index contributed by atoms with van der Waals surface area (Å²) in [4.78, 5) is 37.7. The number of anilines is 1. The average molecular weight is 412 g/mol. The zero-order valence-electron chi connectivity index (χ0n) is 16.0. The summed E-state index contributed by atoms with van der Waals surface area (Å²) >= 11 is 1.23. The molecule has 0 bridgehead atoms. The first-order chi connectivity index (χ1) is 14.0. The quantitative estimate of drug-likeness (QED) is 0.598. The van der Waals surface area contributed by atoms with Crippen molar-refractivity contribution in [3.8, 4) is 10.4 Å². The summed E-state index contributed by atoms with van der Waals surface area (Å²) in [5.41, 5.74) is 1.58. The molecule has 3 aromatic rings. The molecule has 8 heteroatoms. The molecule has 0 unspecified atom stereocenters. The molecule has 0 radical (unpaired) electrons. The molecule has 2 heterocycles. The third-order valence-corrected chi connectivity index (χ3v) is 5.18. The summed E-state index contributed by atoms with van der Waals surface area (Å²) in [6, 6.07) is 14.5. The number of aromatic nitrogens is 1. The van der Waals surface area contributed by atoms with Gasteiger partial charge in [0.25, 0.3) is 5.91 Å². The van der Waals surface area contributed by atoms with E-state index in [4.69, 9.17) is 9.47 Å². The van der Waals surface area contributed by atoms with Crippen LogP contribution in [0.3, 0.4) is 0 Å². The maximum atomic E-state index is 12.3. The number of carbonyl (C=O) groups excluding carboxylic acids is 3. The van der Waals surface area contributed by atoms with Crippen LogP contribution in [0.15, 0.2) is 54.7 Å². The Bertz CT molecular complexity index is 1020. The molecule has 150 valence electrons. The van der Waals surface area contributed by atoms with E-state index in [1.807, 2.05) is 30.3 Å². The Morgan fingerprint density at radius 3 is 2.45 bits per heavy atom. The average Bonchev–Trinajstić information content (AvgIpc) is 3.33. The number of nitrogens with one attached hydrogen (secondary N) is 1. The number of rotatable bonds is 7.